The minimum absolute atomic E-state index is 0.331. The summed E-state index contributed by atoms with van der Waals surface area (Å²) in [6.45, 7) is 2.55. The zero-order valence-electron chi connectivity index (χ0n) is 14.4. The number of hydrogen-bond donors (Lipinski definition) is 0. The molecule has 4 heteroatoms. The molecule has 0 radical (unpaired) electrons. The van der Waals surface area contributed by atoms with E-state index in [2.05, 4.69) is 30.3 Å². The van der Waals surface area contributed by atoms with Crippen LogP contribution in [-0.2, 0) is 11.3 Å². The van der Waals surface area contributed by atoms with Crippen molar-refractivity contribution >= 4 is 38.2 Å². The van der Waals surface area contributed by atoms with Crippen LogP contribution in [-0.4, -0.2) is 12.6 Å². The lowest BCUT2D eigenvalue weighted by Crippen LogP contribution is -2.05. The average Bonchev–Trinajstić information content (AvgIpc) is 3.05. The van der Waals surface area contributed by atoms with Crippen LogP contribution in [0.2, 0.25) is 0 Å². The van der Waals surface area contributed by atoms with E-state index in [1.807, 2.05) is 36.4 Å². The van der Waals surface area contributed by atoms with E-state index in [1.165, 1.54) is 22.1 Å². The maximum absolute atomic E-state index is 12.3. The van der Waals surface area contributed by atoms with Gasteiger partial charge in [0.2, 0.25) is 0 Å². The van der Waals surface area contributed by atoms with E-state index in [4.69, 9.17) is 9.47 Å². The molecule has 4 aromatic rings. The molecule has 0 saturated carbocycles. The number of rotatable bonds is 5. The molecule has 0 bridgehead atoms. The van der Waals surface area contributed by atoms with E-state index in [0.717, 1.165) is 15.6 Å². The highest BCUT2D eigenvalue weighted by Gasteiger charge is 2.20. The normalized spacial score (nSPS) is 11.0. The molecular weight excluding hydrogens is 344 g/mol. The van der Waals surface area contributed by atoms with E-state index in [9.17, 15) is 4.79 Å². The SMILES string of the molecule is CCOC(=O)c1sc2ccccc2c1OCc1ccc2ccccc2c1. The third kappa shape index (κ3) is 3.16. The first-order valence-corrected chi connectivity index (χ1v) is 9.37. The largest absolute Gasteiger partial charge is 0.486 e. The van der Waals surface area contributed by atoms with Gasteiger partial charge in [0, 0.05) is 10.1 Å². The van der Waals surface area contributed by atoms with Crippen LogP contribution in [0.3, 0.4) is 0 Å². The van der Waals surface area contributed by atoms with Gasteiger partial charge in [-0.15, -0.1) is 11.3 Å². The van der Waals surface area contributed by atoms with Gasteiger partial charge in [-0.25, -0.2) is 4.79 Å². The number of carbonyl (C=O) groups excluding carboxylic acids is 1. The molecule has 0 saturated heterocycles. The quantitative estimate of drug-likeness (QED) is 0.420. The molecule has 0 unspecified atom stereocenters. The molecule has 0 N–H and O–H groups in total. The van der Waals surface area contributed by atoms with Gasteiger partial charge in [-0.3, -0.25) is 0 Å². The Labute approximate surface area is 155 Å². The van der Waals surface area contributed by atoms with Crippen molar-refractivity contribution in [3.05, 3.63) is 77.2 Å². The molecule has 0 aliphatic carbocycles. The Morgan fingerprint density at radius 3 is 2.58 bits per heavy atom. The number of hydrogen-bond acceptors (Lipinski definition) is 4. The molecular formula is C22H18O3S. The van der Waals surface area contributed by atoms with Crippen molar-refractivity contribution in [2.75, 3.05) is 6.61 Å². The van der Waals surface area contributed by atoms with Gasteiger partial charge in [0.1, 0.15) is 6.61 Å². The Balaban J connectivity index is 1.66. The van der Waals surface area contributed by atoms with Gasteiger partial charge in [0.15, 0.2) is 10.6 Å². The fraction of sp³-hybridized carbons (Fsp3) is 0.136. The molecule has 0 amide bonds. The maximum Gasteiger partial charge on any atom is 0.352 e. The summed E-state index contributed by atoms with van der Waals surface area (Å²) in [6.07, 6.45) is 0. The fourth-order valence-corrected chi connectivity index (χ4v) is 4.02. The molecule has 0 spiro atoms. The number of fused-ring (bicyclic) bond motifs is 2. The predicted octanol–water partition coefficient (Wildman–Crippen LogP) is 5.81. The minimum atomic E-state index is -0.331. The van der Waals surface area contributed by atoms with Gasteiger partial charge >= 0.3 is 5.97 Å². The van der Waals surface area contributed by atoms with Gasteiger partial charge < -0.3 is 9.47 Å². The van der Waals surface area contributed by atoms with Crippen molar-refractivity contribution in [3.63, 3.8) is 0 Å². The molecule has 0 atom stereocenters. The van der Waals surface area contributed by atoms with Crippen LogP contribution in [0.4, 0.5) is 0 Å². The van der Waals surface area contributed by atoms with Crippen molar-refractivity contribution in [2.24, 2.45) is 0 Å². The number of esters is 1. The first kappa shape index (κ1) is 16.6. The van der Waals surface area contributed by atoms with Crippen molar-refractivity contribution in [3.8, 4) is 5.75 Å². The van der Waals surface area contributed by atoms with Crippen LogP contribution in [0.1, 0.15) is 22.2 Å². The predicted molar refractivity (Wildman–Crippen MR) is 106 cm³/mol. The zero-order chi connectivity index (χ0) is 17.9. The Hall–Kier alpha value is -2.85. The van der Waals surface area contributed by atoms with Crippen molar-refractivity contribution in [1.29, 1.82) is 0 Å². The van der Waals surface area contributed by atoms with Crippen LogP contribution < -0.4 is 4.74 Å². The first-order valence-electron chi connectivity index (χ1n) is 8.55. The lowest BCUT2D eigenvalue weighted by Gasteiger charge is -2.09. The highest BCUT2D eigenvalue weighted by Crippen LogP contribution is 2.38. The van der Waals surface area contributed by atoms with E-state index in [0.29, 0.717) is 23.8 Å². The lowest BCUT2D eigenvalue weighted by molar-refractivity contribution is 0.0527. The molecule has 0 aliphatic rings. The molecule has 0 fully saturated rings. The van der Waals surface area contributed by atoms with E-state index < -0.39 is 0 Å². The number of ether oxygens (including phenoxy) is 2. The maximum atomic E-state index is 12.3. The molecule has 1 aromatic heterocycles. The molecule has 3 aromatic carbocycles. The monoisotopic (exact) mass is 362 g/mol. The van der Waals surface area contributed by atoms with Crippen molar-refractivity contribution in [2.45, 2.75) is 13.5 Å². The van der Waals surface area contributed by atoms with Crippen LogP contribution >= 0.6 is 11.3 Å². The van der Waals surface area contributed by atoms with E-state index in [-0.39, 0.29) is 5.97 Å². The Morgan fingerprint density at radius 1 is 0.962 bits per heavy atom. The Kier molecular flexibility index (Phi) is 4.59. The van der Waals surface area contributed by atoms with Crippen molar-refractivity contribution in [1.82, 2.24) is 0 Å². The summed E-state index contributed by atoms with van der Waals surface area (Å²) in [5.41, 5.74) is 1.06. The molecule has 3 nitrogen and oxygen atoms in total. The van der Waals surface area contributed by atoms with Gasteiger partial charge in [-0.05, 0) is 41.5 Å². The Morgan fingerprint density at radius 2 is 1.73 bits per heavy atom. The highest BCUT2D eigenvalue weighted by atomic mass is 32.1. The second kappa shape index (κ2) is 7.18. The standard InChI is InChI=1S/C22H18O3S/c1-2-24-22(23)21-20(18-9-5-6-10-19(18)26-21)25-14-15-11-12-16-7-3-4-8-17(16)13-15/h3-13H,2,14H2,1H3. The number of thiophene rings is 1. The topological polar surface area (TPSA) is 35.5 Å². The molecule has 1 heterocycles. The third-order valence-electron chi connectivity index (χ3n) is 4.21. The zero-order valence-corrected chi connectivity index (χ0v) is 15.2. The van der Waals surface area contributed by atoms with Gasteiger partial charge in [0.05, 0.1) is 6.61 Å². The minimum Gasteiger partial charge on any atom is -0.486 e. The van der Waals surface area contributed by atoms with Gasteiger partial charge in [-0.1, -0.05) is 48.5 Å². The van der Waals surface area contributed by atoms with E-state index >= 15 is 0 Å². The fourth-order valence-electron chi connectivity index (χ4n) is 2.98. The summed E-state index contributed by atoms with van der Waals surface area (Å²) >= 11 is 1.41. The van der Waals surface area contributed by atoms with Gasteiger partial charge in [0.25, 0.3) is 0 Å². The summed E-state index contributed by atoms with van der Waals surface area (Å²) in [4.78, 5) is 12.9. The summed E-state index contributed by atoms with van der Waals surface area (Å²) in [6, 6.07) is 22.4. The lowest BCUT2D eigenvalue weighted by atomic mass is 10.1. The average molecular weight is 362 g/mol. The molecule has 130 valence electrons. The van der Waals surface area contributed by atoms with Crippen LogP contribution in [0.25, 0.3) is 20.9 Å². The first-order chi connectivity index (χ1) is 12.8. The molecule has 26 heavy (non-hydrogen) atoms. The highest BCUT2D eigenvalue weighted by molar-refractivity contribution is 7.21. The second-order valence-electron chi connectivity index (χ2n) is 5.95. The smallest absolute Gasteiger partial charge is 0.352 e. The summed E-state index contributed by atoms with van der Waals surface area (Å²) in [7, 11) is 0. The second-order valence-corrected chi connectivity index (χ2v) is 7.00. The summed E-state index contributed by atoms with van der Waals surface area (Å²) in [5.74, 6) is 0.277. The van der Waals surface area contributed by atoms with Crippen LogP contribution in [0.15, 0.2) is 66.7 Å². The third-order valence-corrected chi connectivity index (χ3v) is 5.34. The number of benzene rings is 3. The molecule has 0 aliphatic heterocycles. The van der Waals surface area contributed by atoms with Gasteiger partial charge in [-0.2, -0.15) is 0 Å². The van der Waals surface area contributed by atoms with Crippen LogP contribution in [0.5, 0.6) is 5.75 Å². The Bertz CT molecular complexity index is 1080. The molecule has 4 rings (SSSR count). The summed E-state index contributed by atoms with van der Waals surface area (Å²) < 4.78 is 12.3. The van der Waals surface area contributed by atoms with Crippen molar-refractivity contribution < 1.29 is 14.3 Å². The van der Waals surface area contributed by atoms with Crippen LogP contribution in [0, 0.1) is 0 Å². The number of carbonyl (C=O) groups is 1. The van der Waals surface area contributed by atoms with E-state index in [1.54, 1.807) is 6.92 Å². The summed E-state index contributed by atoms with van der Waals surface area (Å²) in [5, 5.41) is 3.32.